The SMILES string of the molecule is COCCn1c(-c2ccc(Cl)cc2)c(C)s/c1=N\C(=O)C1C(C)(C)C1(C)C. The fourth-order valence-corrected chi connectivity index (χ4v) is 5.09. The molecule has 0 atom stereocenters. The van der Waals surface area contributed by atoms with Gasteiger partial charge in [0, 0.05) is 23.6 Å². The Hall–Kier alpha value is -1.43. The number of carbonyl (C=O) groups is 1. The zero-order valence-corrected chi connectivity index (χ0v) is 18.4. The third kappa shape index (κ3) is 3.53. The van der Waals surface area contributed by atoms with Crippen molar-refractivity contribution in [3.63, 3.8) is 0 Å². The summed E-state index contributed by atoms with van der Waals surface area (Å²) >= 11 is 7.60. The van der Waals surface area contributed by atoms with Gasteiger partial charge in [0.1, 0.15) is 0 Å². The summed E-state index contributed by atoms with van der Waals surface area (Å²) in [6.45, 7) is 11.8. The van der Waals surface area contributed by atoms with Crippen LogP contribution >= 0.6 is 22.9 Å². The first-order valence-corrected chi connectivity index (χ1v) is 10.3. The standard InChI is InChI=1S/C21H27ClN2O2S/c1-13-16(14-7-9-15(22)10-8-14)24(11-12-26-6)19(27-13)23-18(25)17-20(2,3)21(17,4)5/h7-10,17H,11-12H2,1-6H3/b23-19-. The van der Waals surface area contributed by atoms with E-state index in [1.807, 2.05) is 24.3 Å². The monoisotopic (exact) mass is 406 g/mol. The van der Waals surface area contributed by atoms with Gasteiger partial charge in [-0.15, -0.1) is 11.3 Å². The molecule has 146 valence electrons. The molecule has 2 aromatic rings. The third-order valence-electron chi connectivity index (χ3n) is 6.19. The van der Waals surface area contributed by atoms with Gasteiger partial charge in [0.25, 0.3) is 5.91 Å². The molecular formula is C21H27ClN2O2S. The van der Waals surface area contributed by atoms with Gasteiger partial charge >= 0.3 is 0 Å². The van der Waals surface area contributed by atoms with Crippen LogP contribution in [0.15, 0.2) is 29.3 Å². The third-order valence-corrected chi connectivity index (χ3v) is 7.43. The number of amides is 1. The Kier molecular flexibility index (Phi) is 5.41. The molecule has 0 saturated heterocycles. The molecule has 1 saturated carbocycles. The summed E-state index contributed by atoms with van der Waals surface area (Å²) in [6.07, 6.45) is 0. The lowest BCUT2D eigenvalue weighted by molar-refractivity contribution is -0.120. The van der Waals surface area contributed by atoms with Crippen LogP contribution in [0.25, 0.3) is 11.3 Å². The predicted molar refractivity (Wildman–Crippen MR) is 111 cm³/mol. The van der Waals surface area contributed by atoms with E-state index in [0.717, 1.165) is 20.9 Å². The van der Waals surface area contributed by atoms with Crippen molar-refractivity contribution in [1.29, 1.82) is 0 Å². The van der Waals surface area contributed by atoms with Crippen molar-refractivity contribution >= 4 is 28.8 Å². The van der Waals surface area contributed by atoms with E-state index >= 15 is 0 Å². The summed E-state index contributed by atoms with van der Waals surface area (Å²) in [5.74, 6) is -0.0673. The first kappa shape index (κ1) is 20.3. The van der Waals surface area contributed by atoms with Crippen LogP contribution in [0.5, 0.6) is 0 Å². The van der Waals surface area contributed by atoms with Gasteiger partial charge in [-0.1, -0.05) is 51.4 Å². The van der Waals surface area contributed by atoms with Gasteiger partial charge in [0.15, 0.2) is 4.80 Å². The van der Waals surface area contributed by atoms with E-state index in [1.165, 1.54) is 0 Å². The lowest BCUT2D eigenvalue weighted by Gasteiger charge is -2.10. The fraction of sp³-hybridized carbons (Fsp3) is 0.524. The van der Waals surface area contributed by atoms with E-state index in [1.54, 1.807) is 18.4 Å². The van der Waals surface area contributed by atoms with Crippen molar-refractivity contribution in [3.8, 4) is 11.3 Å². The van der Waals surface area contributed by atoms with Gasteiger partial charge in [-0.3, -0.25) is 4.79 Å². The van der Waals surface area contributed by atoms with Crippen LogP contribution in [0.1, 0.15) is 32.6 Å². The minimum Gasteiger partial charge on any atom is -0.383 e. The topological polar surface area (TPSA) is 43.6 Å². The number of methoxy groups -OCH3 is 1. The normalized spacial score (nSPS) is 18.7. The van der Waals surface area contributed by atoms with E-state index < -0.39 is 0 Å². The highest BCUT2D eigenvalue weighted by Gasteiger charge is 2.68. The molecule has 1 aromatic heterocycles. The van der Waals surface area contributed by atoms with Crippen molar-refractivity contribution in [1.82, 2.24) is 4.57 Å². The second kappa shape index (κ2) is 7.19. The molecule has 0 bridgehead atoms. The van der Waals surface area contributed by atoms with Crippen LogP contribution in [0.4, 0.5) is 0 Å². The van der Waals surface area contributed by atoms with Gasteiger partial charge in [-0.2, -0.15) is 4.99 Å². The Morgan fingerprint density at radius 3 is 2.33 bits per heavy atom. The summed E-state index contributed by atoms with van der Waals surface area (Å²) in [5.41, 5.74) is 2.09. The summed E-state index contributed by atoms with van der Waals surface area (Å²) in [4.78, 5) is 19.3. The lowest BCUT2D eigenvalue weighted by atomic mass is 10.0. The van der Waals surface area contributed by atoms with Gasteiger partial charge in [-0.05, 0) is 35.4 Å². The van der Waals surface area contributed by atoms with Gasteiger partial charge < -0.3 is 9.30 Å². The number of thiazole rings is 1. The van der Waals surface area contributed by atoms with Crippen LogP contribution in [0.2, 0.25) is 5.02 Å². The summed E-state index contributed by atoms with van der Waals surface area (Å²) < 4.78 is 7.38. The number of benzene rings is 1. The molecule has 1 aliphatic rings. The van der Waals surface area contributed by atoms with Crippen molar-refractivity contribution in [2.75, 3.05) is 13.7 Å². The maximum absolute atomic E-state index is 12.9. The number of rotatable bonds is 5. The van der Waals surface area contributed by atoms with Crippen LogP contribution in [-0.2, 0) is 16.1 Å². The average molecular weight is 407 g/mol. The zero-order chi connectivity index (χ0) is 20.0. The quantitative estimate of drug-likeness (QED) is 0.706. The van der Waals surface area contributed by atoms with E-state index in [-0.39, 0.29) is 22.7 Å². The lowest BCUT2D eigenvalue weighted by Crippen LogP contribution is -2.21. The second-order valence-electron chi connectivity index (χ2n) is 8.27. The average Bonchev–Trinajstić information content (AvgIpc) is 2.82. The Bertz CT molecular complexity index is 909. The summed E-state index contributed by atoms with van der Waals surface area (Å²) in [6, 6.07) is 7.76. The molecule has 3 rings (SSSR count). The number of carbonyl (C=O) groups excluding carboxylic acids is 1. The van der Waals surface area contributed by atoms with E-state index in [2.05, 4.69) is 44.2 Å². The predicted octanol–water partition coefficient (Wildman–Crippen LogP) is 4.93. The maximum atomic E-state index is 12.9. The number of hydrogen-bond acceptors (Lipinski definition) is 3. The molecule has 1 aliphatic carbocycles. The Morgan fingerprint density at radius 1 is 1.22 bits per heavy atom. The highest BCUT2D eigenvalue weighted by Crippen LogP contribution is 2.68. The van der Waals surface area contributed by atoms with Crippen LogP contribution in [0.3, 0.4) is 0 Å². The van der Waals surface area contributed by atoms with E-state index in [4.69, 9.17) is 16.3 Å². The van der Waals surface area contributed by atoms with E-state index in [9.17, 15) is 4.79 Å². The largest absolute Gasteiger partial charge is 0.383 e. The van der Waals surface area contributed by atoms with Crippen LogP contribution in [-0.4, -0.2) is 24.2 Å². The molecule has 0 spiro atoms. The summed E-state index contributed by atoms with van der Waals surface area (Å²) in [5, 5.41) is 0.702. The molecule has 1 fully saturated rings. The number of nitrogens with zero attached hydrogens (tertiary/aromatic N) is 2. The zero-order valence-electron chi connectivity index (χ0n) is 16.8. The first-order valence-electron chi connectivity index (χ1n) is 9.15. The fourth-order valence-electron chi connectivity index (χ4n) is 3.94. The second-order valence-corrected chi connectivity index (χ2v) is 9.89. The number of aromatic nitrogens is 1. The molecule has 0 radical (unpaired) electrons. The molecule has 6 heteroatoms. The number of halogens is 1. The molecule has 0 aliphatic heterocycles. The molecule has 1 heterocycles. The minimum absolute atomic E-state index is 0.0176. The van der Waals surface area contributed by atoms with Gasteiger partial charge in [-0.25, -0.2) is 0 Å². The first-order chi connectivity index (χ1) is 12.6. The smallest absolute Gasteiger partial charge is 0.252 e. The van der Waals surface area contributed by atoms with Crippen molar-refractivity contribution in [3.05, 3.63) is 39.0 Å². The van der Waals surface area contributed by atoms with Gasteiger partial charge in [0.05, 0.1) is 18.2 Å². The maximum Gasteiger partial charge on any atom is 0.252 e. The van der Waals surface area contributed by atoms with Crippen molar-refractivity contribution in [2.45, 2.75) is 41.2 Å². The Labute approximate surface area is 169 Å². The molecule has 1 amide bonds. The van der Waals surface area contributed by atoms with Crippen molar-refractivity contribution < 1.29 is 9.53 Å². The molecule has 0 unspecified atom stereocenters. The minimum atomic E-state index is -0.0396. The van der Waals surface area contributed by atoms with Crippen molar-refractivity contribution in [2.24, 2.45) is 21.7 Å². The van der Waals surface area contributed by atoms with Crippen LogP contribution in [0, 0.1) is 23.7 Å². The molecule has 0 N–H and O–H groups in total. The Morgan fingerprint density at radius 2 is 1.81 bits per heavy atom. The Balaban J connectivity index is 2.07. The van der Waals surface area contributed by atoms with Gasteiger partial charge in [0.2, 0.25) is 0 Å². The van der Waals surface area contributed by atoms with Crippen LogP contribution < -0.4 is 4.80 Å². The molecule has 1 aromatic carbocycles. The molecule has 27 heavy (non-hydrogen) atoms. The number of aryl methyl sites for hydroxylation is 1. The van der Waals surface area contributed by atoms with E-state index in [0.29, 0.717) is 18.2 Å². The summed E-state index contributed by atoms with van der Waals surface area (Å²) in [7, 11) is 1.68. The number of ether oxygens (including phenoxy) is 1. The highest BCUT2D eigenvalue weighted by molar-refractivity contribution is 7.09. The molecule has 4 nitrogen and oxygen atoms in total. The molecular weight excluding hydrogens is 380 g/mol. The highest BCUT2D eigenvalue weighted by atomic mass is 35.5. The number of hydrogen-bond donors (Lipinski definition) is 0.